The van der Waals surface area contributed by atoms with Crippen molar-refractivity contribution in [2.24, 2.45) is 0 Å². The van der Waals surface area contributed by atoms with E-state index in [0.29, 0.717) is 21.9 Å². The number of carbonyl (C=O) groups is 1. The second-order valence-electron chi connectivity index (χ2n) is 3.80. The van der Waals surface area contributed by atoms with Crippen LogP contribution in [-0.2, 0) is 0 Å². The lowest BCUT2D eigenvalue weighted by molar-refractivity contribution is 0.0691. The lowest BCUT2D eigenvalue weighted by Crippen LogP contribution is -2.09. The van der Waals surface area contributed by atoms with Crippen LogP contribution in [0.2, 0.25) is 0 Å². The first-order valence-electron chi connectivity index (χ1n) is 5.21. The van der Waals surface area contributed by atoms with Gasteiger partial charge in [-0.3, -0.25) is 4.79 Å². The number of aromatic nitrogens is 1. The smallest absolute Gasteiger partial charge is 0.354 e. The highest BCUT2D eigenvalue weighted by atomic mass is 16.4. The van der Waals surface area contributed by atoms with Gasteiger partial charge in [-0.1, -0.05) is 0 Å². The Balaban J connectivity index is 2.56. The molecule has 0 aliphatic carbocycles. The second-order valence-corrected chi connectivity index (χ2v) is 3.80. The minimum atomic E-state index is -1.22. The molecule has 1 N–H and O–H groups in total. The van der Waals surface area contributed by atoms with Crippen LogP contribution in [0.15, 0.2) is 45.8 Å². The molecule has 3 rings (SSSR count). The van der Waals surface area contributed by atoms with Crippen molar-refractivity contribution in [1.82, 2.24) is 4.98 Å². The van der Waals surface area contributed by atoms with Gasteiger partial charge in [-0.05, 0) is 24.3 Å². The molecule has 2 aromatic heterocycles. The van der Waals surface area contributed by atoms with Crippen LogP contribution in [0.25, 0.3) is 21.9 Å². The monoisotopic (exact) mass is 241 g/mol. The highest BCUT2D eigenvalue weighted by Crippen LogP contribution is 2.21. The maximum atomic E-state index is 11.8. The number of carboxylic acid groups (broad SMARTS) is 1. The maximum Gasteiger partial charge on any atom is 0.354 e. The molecule has 0 radical (unpaired) electrons. The van der Waals surface area contributed by atoms with E-state index >= 15 is 0 Å². The van der Waals surface area contributed by atoms with Crippen molar-refractivity contribution < 1.29 is 14.3 Å². The van der Waals surface area contributed by atoms with Crippen LogP contribution in [0.3, 0.4) is 0 Å². The fraction of sp³-hybridized carbons (Fsp3) is 0. The van der Waals surface area contributed by atoms with E-state index in [1.165, 1.54) is 6.26 Å². The van der Waals surface area contributed by atoms with Gasteiger partial charge in [0.2, 0.25) is 0 Å². The van der Waals surface area contributed by atoms with Crippen LogP contribution >= 0.6 is 0 Å². The summed E-state index contributed by atoms with van der Waals surface area (Å²) in [6.45, 7) is 0. The summed E-state index contributed by atoms with van der Waals surface area (Å²) in [6, 6.07) is 7.68. The number of hydrogen-bond acceptors (Lipinski definition) is 4. The van der Waals surface area contributed by atoms with Gasteiger partial charge in [0.05, 0.1) is 11.8 Å². The minimum absolute atomic E-state index is 0.260. The van der Waals surface area contributed by atoms with E-state index in [1.807, 2.05) is 0 Å². The third-order valence-corrected chi connectivity index (χ3v) is 2.70. The summed E-state index contributed by atoms with van der Waals surface area (Å²) >= 11 is 0. The molecule has 18 heavy (non-hydrogen) atoms. The van der Waals surface area contributed by atoms with Crippen molar-refractivity contribution in [2.45, 2.75) is 0 Å². The molecule has 0 atom stereocenters. The fourth-order valence-electron chi connectivity index (χ4n) is 1.88. The van der Waals surface area contributed by atoms with E-state index in [-0.39, 0.29) is 11.1 Å². The lowest BCUT2D eigenvalue weighted by atomic mass is 10.1. The van der Waals surface area contributed by atoms with Crippen LogP contribution in [-0.4, -0.2) is 16.1 Å². The molecule has 2 heterocycles. The van der Waals surface area contributed by atoms with E-state index in [4.69, 9.17) is 9.52 Å². The number of hydrogen-bond donors (Lipinski definition) is 1. The first-order chi connectivity index (χ1) is 8.66. The number of fused-ring (bicyclic) bond motifs is 3. The normalized spacial score (nSPS) is 10.9. The Hall–Kier alpha value is -2.69. The molecule has 1 aromatic carbocycles. The fourth-order valence-corrected chi connectivity index (χ4v) is 1.88. The van der Waals surface area contributed by atoms with Crippen molar-refractivity contribution in [2.75, 3.05) is 0 Å². The van der Waals surface area contributed by atoms with Crippen LogP contribution in [0.1, 0.15) is 10.5 Å². The van der Waals surface area contributed by atoms with E-state index in [2.05, 4.69) is 4.98 Å². The van der Waals surface area contributed by atoms with Crippen molar-refractivity contribution in [3.63, 3.8) is 0 Å². The molecule has 5 nitrogen and oxygen atoms in total. The highest BCUT2D eigenvalue weighted by molar-refractivity contribution is 6.04. The quantitative estimate of drug-likeness (QED) is 0.659. The topological polar surface area (TPSA) is 80.4 Å². The first kappa shape index (κ1) is 10.5. The molecule has 3 aromatic rings. The van der Waals surface area contributed by atoms with Crippen molar-refractivity contribution in [3.8, 4) is 0 Å². The van der Waals surface area contributed by atoms with Crippen molar-refractivity contribution in [1.29, 1.82) is 0 Å². The lowest BCUT2D eigenvalue weighted by Gasteiger charge is -2.02. The van der Waals surface area contributed by atoms with Crippen LogP contribution < -0.4 is 5.43 Å². The average Bonchev–Trinajstić information content (AvgIpc) is 2.38. The number of nitrogens with zero attached hydrogens (tertiary/aromatic N) is 1. The van der Waals surface area contributed by atoms with E-state index < -0.39 is 5.97 Å². The van der Waals surface area contributed by atoms with Gasteiger partial charge in [0, 0.05) is 16.8 Å². The summed E-state index contributed by atoms with van der Waals surface area (Å²) in [5, 5.41) is 9.92. The van der Waals surface area contributed by atoms with Crippen molar-refractivity contribution in [3.05, 3.63) is 52.5 Å². The van der Waals surface area contributed by atoms with Crippen molar-refractivity contribution >= 4 is 27.8 Å². The van der Waals surface area contributed by atoms with Gasteiger partial charge in [-0.25, -0.2) is 9.78 Å². The molecule has 0 aliphatic heterocycles. The zero-order valence-corrected chi connectivity index (χ0v) is 9.08. The Kier molecular flexibility index (Phi) is 2.13. The zero-order valence-electron chi connectivity index (χ0n) is 9.08. The summed E-state index contributed by atoms with van der Waals surface area (Å²) in [4.78, 5) is 26.7. The molecular formula is C13H7NO4. The molecule has 0 spiro atoms. The number of rotatable bonds is 1. The molecule has 5 heteroatoms. The Bertz CT molecular complexity index is 835. The van der Waals surface area contributed by atoms with Gasteiger partial charge >= 0.3 is 5.97 Å². The highest BCUT2D eigenvalue weighted by Gasteiger charge is 2.11. The number of carboxylic acids is 1. The molecule has 88 valence electrons. The third kappa shape index (κ3) is 1.45. The zero-order chi connectivity index (χ0) is 12.7. The number of aromatic carboxylic acids is 1. The van der Waals surface area contributed by atoms with Gasteiger partial charge < -0.3 is 9.52 Å². The van der Waals surface area contributed by atoms with Gasteiger partial charge in [-0.15, -0.1) is 0 Å². The standard InChI is InChI=1S/C13H7NO4/c15-10-6-9(13(16)17)14-12-7(10)3-4-11-8(12)2-1-5-18-11/h1-6H,(H,16,17). The SMILES string of the molecule is O=C(O)c1cc(=O)c2ccc3occcc3c2n1. The van der Waals surface area contributed by atoms with E-state index in [0.717, 1.165) is 6.07 Å². The minimum Gasteiger partial charge on any atom is -0.477 e. The van der Waals surface area contributed by atoms with Gasteiger partial charge in [0.1, 0.15) is 5.58 Å². The molecule has 0 unspecified atom stereocenters. The Labute approximate surface area is 100 Å². The van der Waals surface area contributed by atoms with Crippen LogP contribution in [0.5, 0.6) is 0 Å². The molecule has 0 aliphatic rings. The van der Waals surface area contributed by atoms with Gasteiger partial charge in [0.25, 0.3) is 0 Å². The number of pyridine rings is 1. The molecule has 0 saturated heterocycles. The predicted octanol–water partition coefficient (Wildman–Crippen LogP) is 2.04. The largest absolute Gasteiger partial charge is 0.477 e. The Morgan fingerprint density at radius 1 is 1.22 bits per heavy atom. The van der Waals surface area contributed by atoms with E-state index in [9.17, 15) is 9.59 Å². The molecule has 0 amide bonds. The van der Waals surface area contributed by atoms with Crippen LogP contribution in [0, 0.1) is 0 Å². The second kappa shape index (κ2) is 3.66. The average molecular weight is 241 g/mol. The summed E-state index contributed by atoms with van der Waals surface area (Å²) < 4.78 is 5.27. The summed E-state index contributed by atoms with van der Waals surface area (Å²) in [7, 11) is 0. The van der Waals surface area contributed by atoms with E-state index in [1.54, 1.807) is 24.3 Å². The molecule has 0 fully saturated rings. The Morgan fingerprint density at radius 3 is 2.83 bits per heavy atom. The van der Waals surface area contributed by atoms with Gasteiger partial charge in [-0.2, -0.15) is 0 Å². The predicted molar refractivity (Wildman–Crippen MR) is 64.7 cm³/mol. The summed E-state index contributed by atoms with van der Waals surface area (Å²) in [5.41, 5.74) is 0.285. The summed E-state index contributed by atoms with van der Waals surface area (Å²) in [6.07, 6.45) is 1.51. The molecular weight excluding hydrogens is 234 g/mol. The molecule has 0 saturated carbocycles. The Morgan fingerprint density at radius 2 is 2.06 bits per heavy atom. The summed E-state index contributed by atoms with van der Waals surface area (Å²) in [5.74, 6) is -1.22. The van der Waals surface area contributed by atoms with Crippen LogP contribution in [0.4, 0.5) is 0 Å². The first-order valence-corrected chi connectivity index (χ1v) is 5.21. The van der Waals surface area contributed by atoms with Gasteiger partial charge in [0.15, 0.2) is 11.1 Å². The third-order valence-electron chi connectivity index (χ3n) is 2.70. The molecule has 0 bridgehead atoms. The number of benzene rings is 1. The maximum absolute atomic E-state index is 11.8.